The van der Waals surface area contributed by atoms with Crippen molar-refractivity contribution in [1.29, 1.82) is 0 Å². The Morgan fingerprint density at radius 2 is 2.07 bits per heavy atom. The van der Waals surface area contributed by atoms with Crippen molar-refractivity contribution in [1.82, 2.24) is 15.0 Å². The van der Waals surface area contributed by atoms with Crippen LogP contribution in [-0.4, -0.2) is 33.2 Å². The molecule has 0 fully saturated rings. The van der Waals surface area contributed by atoms with Gasteiger partial charge in [-0.05, 0) is 36.1 Å². The average Bonchev–Trinajstić information content (AvgIpc) is 3.18. The molecule has 0 saturated carbocycles. The van der Waals surface area contributed by atoms with Crippen molar-refractivity contribution in [3.63, 3.8) is 0 Å². The number of nitrogens with one attached hydrogen (secondary N) is 2. The van der Waals surface area contributed by atoms with Crippen molar-refractivity contribution in [2.75, 3.05) is 18.5 Å². The summed E-state index contributed by atoms with van der Waals surface area (Å²) in [4.78, 5) is 24.3. The predicted octanol–water partition coefficient (Wildman–Crippen LogP) is 3.51. The topological polar surface area (TPSA) is 90.9 Å². The lowest BCUT2D eigenvalue weighted by molar-refractivity contribution is 0.292. The van der Waals surface area contributed by atoms with Gasteiger partial charge in [0.2, 0.25) is 0 Å². The molecule has 0 aliphatic carbocycles. The van der Waals surface area contributed by atoms with Crippen molar-refractivity contribution in [2.24, 2.45) is 0 Å². The number of rotatable bonds is 6. The molecular formula is C20H18N4O2S. The molecule has 4 aromatic rings. The summed E-state index contributed by atoms with van der Waals surface area (Å²) in [5.41, 5.74) is 2.83. The van der Waals surface area contributed by atoms with E-state index < -0.39 is 0 Å². The number of aromatic nitrogens is 3. The van der Waals surface area contributed by atoms with E-state index in [-0.39, 0.29) is 12.2 Å². The van der Waals surface area contributed by atoms with Gasteiger partial charge < -0.3 is 15.4 Å². The molecule has 0 spiro atoms. The minimum Gasteiger partial charge on any atom is -0.396 e. The van der Waals surface area contributed by atoms with Gasteiger partial charge in [0.25, 0.3) is 5.56 Å². The normalized spacial score (nSPS) is 11.0. The first-order valence-electron chi connectivity index (χ1n) is 8.64. The first-order chi connectivity index (χ1) is 13.2. The average molecular weight is 378 g/mol. The van der Waals surface area contributed by atoms with E-state index >= 15 is 0 Å². The summed E-state index contributed by atoms with van der Waals surface area (Å²) in [6.07, 6.45) is 2.39. The molecule has 7 heteroatoms. The van der Waals surface area contributed by atoms with Gasteiger partial charge in [-0.25, -0.2) is 9.97 Å². The minimum absolute atomic E-state index is 0.142. The molecule has 3 N–H and O–H groups in total. The van der Waals surface area contributed by atoms with Crippen LogP contribution < -0.4 is 10.9 Å². The van der Waals surface area contributed by atoms with Crippen LogP contribution in [0.5, 0.6) is 0 Å². The Hall–Kier alpha value is -3.03. The molecule has 4 rings (SSSR count). The van der Waals surface area contributed by atoms with Crippen LogP contribution in [0.15, 0.2) is 58.8 Å². The lowest BCUT2D eigenvalue weighted by atomic mass is 10.1. The van der Waals surface area contributed by atoms with Crippen LogP contribution in [0.3, 0.4) is 0 Å². The second-order valence-corrected chi connectivity index (χ2v) is 6.93. The lowest BCUT2D eigenvalue weighted by Crippen LogP contribution is -2.08. The second-order valence-electron chi connectivity index (χ2n) is 6.07. The fourth-order valence-electron chi connectivity index (χ4n) is 2.82. The highest BCUT2D eigenvalue weighted by atomic mass is 32.1. The zero-order chi connectivity index (χ0) is 18.6. The molecule has 0 atom stereocenters. The monoisotopic (exact) mass is 378 g/mol. The van der Waals surface area contributed by atoms with Gasteiger partial charge in [-0.15, -0.1) is 11.3 Å². The number of nitrogens with zero attached hydrogens (tertiary/aromatic N) is 2. The van der Waals surface area contributed by atoms with Gasteiger partial charge in [0.05, 0.1) is 11.3 Å². The molecule has 0 bridgehead atoms. The standard InChI is InChI=1S/C20H18N4O2S/c25-9-3-7-21-18-11-14(6-8-22-18)20-24-17(12-27-20)15-10-13-4-1-2-5-16(13)23-19(15)26/h1-2,4-6,8,10-12,25H,3,7,9H2,(H,21,22)(H,23,26). The predicted molar refractivity (Wildman–Crippen MR) is 109 cm³/mol. The number of aromatic amines is 1. The molecule has 0 unspecified atom stereocenters. The van der Waals surface area contributed by atoms with Crippen LogP contribution in [-0.2, 0) is 0 Å². The van der Waals surface area contributed by atoms with Gasteiger partial charge in [0.1, 0.15) is 10.8 Å². The maximum absolute atomic E-state index is 12.4. The Morgan fingerprint density at radius 1 is 1.19 bits per heavy atom. The van der Waals surface area contributed by atoms with E-state index in [9.17, 15) is 4.79 Å². The van der Waals surface area contributed by atoms with Gasteiger partial charge in [0.15, 0.2) is 0 Å². The summed E-state index contributed by atoms with van der Waals surface area (Å²) >= 11 is 1.49. The third kappa shape index (κ3) is 3.74. The number of hydrogen-bond acceptors (Lipinski definition) is 6. The highest BCUT2D eigenvalue weighted by molar-refractivity contribution is 7.13. The molecule has 1 aromatic carbocycles. The molecule has 0 amide bonds. The van der Waals surface area contributed by atoms with E-state index in [0.29, 0.717) is 24.2 Å². The molecule has 136 valence electrons. The number of aliphatic hydroxyl groups excluding tert-OH is 1. The summed E-state index contributed by atoms with van der Waals surface area (Å²) < 4.78 is 0. The van der Waals surface area contributed by atoms with Gasteiger partial charge >= 0.3 is 0 Å². The number of para-hydroxylation sites is 1. The Morgan fingerprint density at radius 3 is 2.96 bits per heavy atom. The molecule has 0 saturated heterocycles. The zero-order valence-electron chi connectivity index (χ0n) is 14.5. The zero-order valence-corrected chi connectivity index (χ0v) is 15.3. The molecule has 0 aliphatic heterocycles. The number of H-pyrrole nitrogens is 1. The molecule has 3 heterocycles. The molecule has 27 heavy (non-hydrogen) atoms. The van der Waals surface area contributed by atoms with E-state index in [2.05, 4.69) is 20.3 Å². The van der Waals surface area contributed by atoms with Crippen LogP contribution in [0, 0.1) is 0 Å². The number of benzene rings is 1. The first-order valence-corrected chi connectivity index (χ1v) is 9.52. The van der Waals surface area contributed by atoms with E-state index in [1.54, 1.807) is 6.20 Å². The van der Waals surface area contributed by atoms with Crippen molar-refractivity contribution in [2.45, 2.75) is 6.42 Å². The van der Waals surface area contributed by atoms with Crippen LogP contribution in [0.2, 0.25) is 0 Å². The Labute approximate surface area is 159 Å². The van der Waals surface area contributed by atoms with E-state index in [1.165, 1.54) is 11.3 Å². The number of hydrogen-bond donors (Lipinski definition) is 3. The quantitative estimate of drug-likeness (QED) is 0.447. The third-order valence-electron chi connectivity index (χ3n) is 4.18. The van der Waals surface area contributed by atoms with Crippen LogP contribution in [0.4, 0.5) is 5.82 Å². The van der Waals surface area contributed by atoms with Gasteiger partial charge in [0, 0.05) is 35.8 Å². The van der Waals surface area contributed by atoms with Crippen LogP contribution in [0.25, 0.3) is 32.7 Å². The fraction of sp³-hybridized carbons (Fsp3) is 0.150. The number of pyridine rings is 2. The smallest absolute Gasteiger partial charge is 0.257 e. The Kier molecular flexibility index (Phi) is 4.95. The lowest BCUT2D eigenvalue weighted by Gasteiger charge is -2.05. The summed E-state index contributed by atoms with van der Waals surface area (Å²) in [5.74, 6) is 0.737. The Bertz CT molecular complexity index is 1140. The summed E-state index contributed by atoms with van der Waals surface area (Å²) in [5, 5.41) is 15.7. The molecular weight excluding hydrogens is 360 g/mol. The Balaban J connectivity index is 1.65. The van der Waals surface area contributed by atoms with Crippen molar-refractivity contribution in [3.05, 3.63) is 64.4 Å². The first kappa shape index (κ1) is 17.4. The van der Waals surface area contributed by atoms with Crippen LogP contribution >= 0.6 is 11.3 Å². The molecule has 0 aliphatic rings. The van der Waals surface area contributed by atoms with Crippen molar-refractivity contribution >= 4 is 28.1 Å². The van der Waals surface area contributed by atoms with Gasteiger partial charge in [-0.2, -0.15) is 0 Å². The summed E-state index contributed by atoms with van der Waals surface area (Å²) in [6.45, 7) is 0.797. The van der Waals surface area contributed by atoms with Crippen molar-refractivity contribution < 1.29 is 5.11 Å². The van der Waals surface area contributed by atoms with Gasteiger partial charge in [-0.1, -0.05) is 18.2 Å². The number of thiazole rings is 1. The number of anilines is 1. The molecule has 0 radical (unpaired) electrons. The van der Waals surface area contributed by atoms with E-state index in [4.69, 9.17) is 5.11 Å². The van der Waals surface area contributed by atoms with Gasteiger partial charge in [-0.3, -0.25) is 4.79 Å². The highest BCUT2D eigenvalue weighted by Gasteiger charge is 2.11. The maximum atomic E-state index is 12.4. The third-order valence-corrected chi connectivity index (χ3v) is 5.07. The largest absolute Gasteiger partial charge is 0.396 e. The van der Waals surface area contributed by atoms with Crippen LogP contribution in [0.1, 0.15) is 6.42 Å². The minimum atomic E-state index is -0.147. The second kappa shape index (κ2) is 7.69. The van der Waals surface area contributed by atoms with E-state index in [0.717, 1.165) is 27.3 Å². The number of aliphatic hydroxyl groups is 1. The summed E-state index contributed by atoms with van der Waals surface area (Å²) in [6, 6.07) is 13.4. The summed E-state index contributed by atoms with van der Waals surface area (Å²) in [7, 11) is 0. The van der Waals surface area contributed by atoms with E-state index in [1.807, 2.05) is 47.8 Å². The maximum Gasteiger partial charge on any atom is 0.257 e. The highest BCUT2D eigenvalue weighted by Crippen LogP contribution is 2.29. The fourth-order valence-corrected chi connectivity index (χ4v) is 3.64. The van der Waals surface area contributed by atoms with Crippen molar-refractivity contribution in [3.8, 4) is 21.8 Å². The number of fused-ring (bicyclic) bond motifs is 1. The molecule has 6 nitrogen and oxygen atoms in total. The molecule has 3 aromatic heterocycles. The SMILES string of the molecule is O=c1[nH]c2ccccc2cc1-c1csc(-c2ccnc(NCCCO)c2)n1.